The molecule has 2 N–H and O–H groups in total. The first kappa shape index (κ1) is 11.4. The van der Waals surface area contributed by atoms with E-state index in [-0.39, 0.29) is 5.88 Å². The van der Waals surface area contributed by atoms with E-state index in [9.17, 15) is 0 Å². The van der Waals surface area contributed by atoms with Crippen molar-refractivity contribution in [1.82, 2.24) is 9.97 Å². The molecule has 0 atom stereocenters. The number of fused-ring (bicyclic) bond motifs is 2. The van der Waals surface area contributed by atoms with E-state index in [0.717, 1.165) is 22.4 Å². The SMILES string of the molecule is Oc1cc2ccccc2[nH]1.c1cc2c(cn1)OCO2. The molecule has 0 fully saturated rings. The number of aromatic hydroxyl groups is 1. The summed E-state index contributed by atoms with van der Waals surface area (Å²) in [4.78, 5) is 6.67. The van der Waals surface area contributed by atoms with Gasteiger partial charge in [0.2, 0.25) is 6.79 Å². The zero-order valence-corrected chi connectivity index (χ0v) is 10.0. The third kappa shape index (κ3) is 2.44. The van der Waals surface area contributed by atoms with Crippen molar-refractivity contribution < 1.29 is 14.6 Å². The van der Waals surface area contributed by atoms with Gasteiger partial charge in [0.15, 0.2) is 17.4 Å². The average molecular weight is 256 g/mol. The lowest BCUT2D eigenvalue weighted by Gasteiger charge is -1.88. The lowest BCUT2D eigenvalue weighted by atomic mass is 10.3. The van der Waals surface area contributed by atoms with Crippen molar-refractivity contribution in [3.63, 3.8) is 0 Å². The van der Waals surface area contributed by atoms with Gasteiger partial charge in [-0.15, -0.1) is 0 Å². The van der Waals surface area contributed by atoms with Crippen LogP contribution in [0, 0.1) is 0 Å². The Bertz CT molecular complexity index is 638. The number of aromatic amines is 1. The quantitative estimate of drug-likeness (QED) is 0.649. The minimum absolute atomic E-state index is 0.223. The Morgan fingerprint density at radius 2 is 1.95 bits per heavy atom. The molecule has 3 heterocycles. The van der Waals surface area contributed by atoms with Gasteiger partial charge in [-0.05, 0) is 6.07 Å². The van der Waals surface area contributed by atoms with E-state index in [2.05, 4.69) is 9.97 Å². The predicted octanol–water partition coefficient (Wildman–Crippen LogP) is 2.68. The zero-order chi connectivity index (χ0) is 13.1. The molecule has 0 saturated heterocycles. The van der Waals surface area contributed by atoms with Crippen LogP contribution in [0.15, 0.2) is 48.8 Å². The van der Waals surface area contributed by atoms with E-state index in [0.29, 0.717) is 6.79 Å². The fourth-order valence-corrected chi connectivity index (χ4v) is 1.81. The molecule has 0 aliphatic carbocycles. The molecule has 0 unspecified atom stereocenters. The molecule has 1 aromatic carbocycles. The van der Waals surface area contributed by atoms with Gasteiger partial charge in [-0.25, -0.2) is 0 Å². The molecule has 19 heavy (non-hydrogen) atoms. The highest BCUT2D eigenvalue weighted by Crippen LogP contribution is 2.29. The van der Waals surface area contributed by atoms with Gasteiger partial charge in [-0.2, -0.15) is 0 Å². The monoisotopic (exact) mass is 256 g/mol. The van der Waals surface area contributed by atoms with Crippen molar-refractivity contribution in [2.45, 2.75) is 0 Å². The standard InChI is InChI=1S/C8H7NO.C6H5NO2/c10-8-5-6-3-1-2-4-7(6)9-8;1-2-7-3-6-5(1)8-4-9-6/h1-5,9-10H;1-3H,4H2. The van der Waals surface area contributed by atoms with Crippen LogP contribution in [0.2, 0.25) is 0 Å². The average Bonchev–Trinajstić information content (AvgIpc) is 3.03. The fourth-order valence-electron chi connectivity index (χ4n) is 1.81. The summed E-state index contributed by atoms with van der Waals surface area (Å²) in [7, 11) is 0. The van der Waals surface area contributed by atoms with Crippen molar-refractivity contribution in [1.29, 1.82) is 0 Å². The second-order valence-corrected chi connectivity index (χ2v) is 3.97. The lowest BCUT2D eigenvalue weighted by Crippen LogP contribution is -1.92. The number of hydrogen-bond donors (Lipinski definition) is 2. The summed E-state index contributed by atoms with van der Waals surface area (Å²) in [5.41, 5.74) is 0.972. The minimum atomic E-state index is 0.223. The molecule has 1 aliphatic heterocycles. The number of rotatable bonds is 0. The first-order valence-corrected chi connectivity index (χ1v) is 5.79. The first-order valence-electron chi connectivity index (χ1n) is 5.79. The Morgan fingerprint density at radius 3 is 2.79 bits per heavy atom. The van der Waals surface area contributed by atoms with Crippen molar-refractivity contribution in [2.75, 3.05) is 6.79 Å². The number of para-hydroxylation sites is 1. The van der Waals surface area contributed by atoms with E-state index in [1.54, 1.807) is 24.5 Å². The van der Waals surface area contributed by atoms with E-state index >= 15 is 0 Å². The molecular formula is C14H12N2O3. The second kappa shape index (κ2) is 4.89. The molecular weight excluding hydrogens is 244 g/mol. The maximum Gasteiger partial charge on any atom is 0.231 e. The number of benzene rings is 1. The molecule has 1 aliphatic rings. The van der Waals surface area contributed by atoms with E-state index < -0.39 is 0 Å². The first-order chi connectivity index (χ1) is 9.33. The molecule has 0 amide bonds. The van der Waals surface area contributed by atoms with Crippen LogP contribution in [0.1, 0.15) is 0 Å². The van der Waals surface area contributed by atoms with Gasteiger partial charge >= 0.3 is 0 Å². The van der Waals surface area contributed by atoms with Crippen molar-refractivity contribution in [2.24, 2.45) is 0 Å². The Hall–Kier alpha value is -2.69. The summed E-state index contributed by atoms with van der Waals surface area (Å²) >= 11 is 0. The number of hydrogen-bond acceptors (Lipinski definition) is 4. The summed E-state index contributed by atoms with van der Waals surface area (Å²) in [6, 6.07) is 11.2. The van der Waals surface area contributed by atoms with Gasteiger partial charge in [-0.3, -0.25) is 4.98 Å². The molecule has 0 saturated carbocycles. The Kier molecular flexibility index (Phi) is 2.94. The van der Waals surface area contributed by atoms with E-state index in [4.69, 9.17) is 14.6 Å². The van der Waals surface area contributed by atoms with Gasteiger partial charge in [0, 0.05) is 29.2 Å². The van der Waals surface area contributed by atoms with Gasteiger partial charge in [-0.1, -0.05) is 18.2 Å². The largest absolute Gasteiger partial charge is 0.495 e. The second-order valence-electron chi connectivity index (χ2n) is 3.97. The Balaban J connectivity index is 0.000000117. The van der Waals surface area contributed by atoms with Crippen LogP contribution in [0.5, 0.6) is 17.4 Å². The molecule has 0 bridgehead atoms. The van der Waals surface area contributed by atoms with Crippen LogP contribution in [-0.2, 0) is 0 Å². The lowest BCUT2D eigenvalue weighted by molar-refractivity contribution is 0.174. The predicted molar refractivity (Wildman–Crippen MR) is 70.3 cm³/mol. The summed E-state index contributed by atoms with van der Waals surface area (Å²) in [6.45, 7) is 0.320. The fraction of sp³-hybridized carbons (Fsp3) is 0.0714. The molecule has 5 nitrogen and oxygen atoms in total. The number of nitrogens with one attached hydrogen (secondary N) is 1. The van der Waals surface area contributed by atoms with E-state index in [1.165, 1.54) is 0 Å². The number of nitrogens with zero attached hydrogens (tertiary/aromatic N) is 1. The van der Waals surface area contributed by atoms with Crippen molar-refractivity contribution >= 4 is 10.9 Å². The van der Waals surface area contributed by atoms with Crippen LogP contribution in [0.3, 0.4) is 0 Å². The molecule has 3 aromatic rings. The molecule has 4 rings (SSSR count). The number of H-pyrrole nitrogens is 1. The van der Waals surface area contributed by atoms with Crippen LogP contribution < -0.4 is 9.47 Å². The molecule has 0 radical (unpaired) electrons. The van der Waals surface area contributed by atoms with Gasteiger partial charge in [0.25, 0.3) is 0 Å². The summed E-state index contributed by atoms with van der Waals surface area (Å²) in [6.07, 6.45) is 3.32. The minimum Gasteiger partial charge on any atom is -0.495 e. The third-order valence-electron chi connectivity index (χ3n) is 2.69. The number of pyridine rings is 1. The molecule has 5 heteroatoms. The van der Waals surface area contributed by atoms with Gasteiger partial charge in [0.05, 0.1) is 6.20 Å². The Morgan fingerprint density at radius 1 is 1.11 bits per heavy atom. The summed E-state index contributed by atoms with van der Waals surface area (Å²) in [5, 5.41) is 10.0. The normalized spacial score (nSPS) is 12.0. The highest BCUT2D eigenvalue weighted by Gasteiger charge is 2.10. The highest BCUT2D eigenvalue weighted by molar-refractivity contribution is 5.80. The van der Waals surface area contributed by atoms with Crippen LogP contribution in [-0.4, -0.2) is 21.9 Å². The van der Waals surface area contributed by atoms with Gasteiger partial charge < -0.3 is 19.6 Å². The Labute approximate surface area is 109 Å². The van der Waals surface area contributed by atoms with Crippen molar-refractivity contribution in [3.05, 3.63) is 48.8 Å². The number of aromatic nitrogens is 2. The van der Waals surface area contributed by atoms with E-state index in [1.807, 2.05) is 24.3 Å². The summed E-state index contributed by atoms with van der Waals surface area (Å²) in [5.74, 6) is 1.74. The maximum atomic E-state index is 9.00. The van der Waals surface area contributed by atoms with Crippen LogP contribution >= 0.6 is 0 Å². The van der Waals surface area contributed by atoms with Crippen LogP contribution in [0.25, 0.3) is 10.9 Å². The van der Waals surface area contributed by atoms with Crippen LogP contribution in [0.4, 0.5) is 0 Å². The third-order valence-corrected chi connectivity index (χ3v) is 2.69. The number of ether oxygens (including phenoxy) is 2. The maximum absolute atomic E-state index is 9.00. The summed E-state index contributed by atoms with van der Waals surface area (Å²) < 4.78 is 10.0. The van der Waals surface area contributed by atoms with Crippen molar-refractivity contribution in [3.8, 4) is 17.4 Å². The molecule has 2 aromatic heterocycles. The molecule has 0 spiro atoms. The smallest absolute Gasteiger partial charge is 0.231 e. The highest BCUT2D eigenvalue weighted by atomic mass is 16.7. The molecule has 96 valence electrons. The topological polar surface area (TPSA) is 67.4 Å². The zero-order valence-electron chi connectivity index (χ0n) is 10.0. The van der Waals surface area contributed by atoms with Gasteiger partial charge in [0.1, 0.15) is 0 Å².